The molecule has 5 nitrogen and oxygen atoms in total. The van der Waals surface area contributed by atoms with Crippen molar-refractivity contribution in [2.75, 3.05) is 33.2 Å². The molecule has 148 valence electrons. The van der Waals surface area contributed by atoms with E-state index in [9.17, 15) is 0 Å². The predicted octanol–water partition coefficient (Wildman–Crippen LogP) is 3.49. The zero-order valence-corrected chi connectivity index (χ0v) is 18.9. The second kappa shape index (κ2) is 13.5. The van der Waals surface area contributed by atoms with Crippen LogP contribution in [0.5, 0.6) is 0 Å². The van der Waals surface area contributed by atoms with Gasteiger partial charge in [-0.25, -0.2) is 0 Å². The largest absolute Gasteiger partial charge is 0.356 e. The van der Waals surface area contributed by atoms with E-state index >= 15 is 0 Å². The fourth-order valence-corrected chi connectivity index (χ4v) is 3.07. The van der Waals surface area contributed by atoms with Crippen LogP contribution in [0.3, 0.4) is 0 Å². The second-order valence-corrected chi connectivity index (χ2v) is 6.10. The number of aromatic nitrogens is 1. The first-order valence-electron chi connectivity index (χ1n) is 9.41. The summed E-state index contributed by atoms with van der Waals surface area (Å²) in [5.41, 5.74) is 2.41. The molecule has 2 rings (SSSR count). The highest BCUT2D eigenvalue weighted by molar-refractivity contribution is 14.0. The van der Waals surface area contributed by atoms with E-state index in [1.54, 1.807) is 0 Å². The van der Waals surface area contributed by atoms with Crippen LogP contribution in [-0.2, 0) is 6.42 Å². The van der Waals surface area contributed by atoms with Gasteiger partial charge in [-0.15, -0.1) is 24.0 Å². The number of benzene rings is 1. The zero-order valence-electron chi connectivity index (χ0n) is 16.6. The van der Waals surface area contributed by atoms with E-state index < -0.39 is 0 Å². The van der Waals surface area contributed by atoms with E-state index in [0.717, 1.165) is 44.3 Å². The quantitative estimate of drug-likeness (QED) is 0.327. The average Bonchev–Trinajstić information content (AvgIpc) is 2.71. The third-order valence-electron chi connectivity index (χ3n) is 4.52. The van der Waals surface area contributed by atoms with Gasteiger partial charge in [-0.3, -0.25) is 14.9 Å². The number of halogens is 1. The minimum atomic E-state index is 0. The molecule has 1 unspecified atom stereocenters. The Bertz CT molecular complexity index is 644. The van der Waals surface area contributed by atoms with Gasteiger partial charge in [-0.1, -0.05) is 50.2 Å². The lowest BCUT2D eigenvalue weighted by Crippen LogP contribution is -2.43. The molecule has 0 aliphatic carbocycles. The standard InChI is InChI=1S/C21H31N5.HI/c1-4-26(5-2)20(18-11-7-6-8-12-18)17-25-21(22-3)24-16-14-19-13-9-10-15-23-19;/h6-13,15,20H,4-5,14,16-17H2,1-3H3,(H2,22,24,25);1H. The van der Waals surface area contributed by atoms with Gasteiger partial charge < -0.3 is 10.6 Å². The Morgan fingerprint density at radius 3 is 2.33 bits per heavy atom. The number of hydrogen-bond donors (Lipinski definition) is 2. The number of nitrogens with zero attached hydrogens (tertiary/aromatic N) is 3. The molecule has 1 aromatic carbocycles. The van der Waals surface area contributed by atoms with Gasteiger partial charge >= 0.3 is 0 Å². The number of hydrogen-bond acceptors (Lipinski definition) is 3. The molecule has 0 spiro atoms. The lowest BCUT2D eigenvalue weighted by atomic mass is 10.1. The first-order valence-corrected chi connectivity index (χ1v) is 9.41. The molecule has 27 heavy (non-hydrogen) atoms. The third-order valence-corrected chi connectivity index (χ3v) is 4.52. The van der Waals surface area contributed by atoms with Crippen LogP contribution >= 0.6 is 24.0 Å². The van der Waals surface area contributed by atoms with Gasteiger partial charge in [0.15, 0.2) is 5.96 Å². The lowest BCUT2D eigenvalue weighted by Gasteiger charge is -2.30. The fraction of sp³-hybridized carbons (Fsp3) is 0.429. The number of nitrogens with one attached hydrogen (secondary N) is 2. The summed E-state index contributed by atoms with van der Waals surface area (Å²) in [6, 6.07) is 17.0. The summed E-state index contributed by atoms with van der Waals surface area (Å²) in [4.78, 5) is 11.2. The third kappa shape index (κ3) is 7.84. The SMILES string of the molecule is CCN(CC)C(CNC(=NC)NCCc1ccccn1)c1ccccc1.I. The highest BCUT2D eigenvalue weighted by atomic mass is 127. The highest BCUT2D eigenvalue weighted by Crippen LogP contribution is 2.19. The number of likely N-dealkylation sites (N-methyl/N-ethyl adjacent to an activating group) is 1. The van der Waals surface area contributed by atoms with Gasteiger partial charge in [-0.2, -0.15) is 0 Å². The lowest BCUT2D eigenvalue weighted by molar-refractivity contribution is 0.219. The Hall–Kier alpha value is -1.67. The van der Waals surface area contributed by atoms with Crippen molar-refractivity contribution in [3.05, 3.63) is 66.0 Å². The molecule has 0 saturated carbocycles. The second-order valence-electron chi connectivity index (χ2n) is 6.10. The van der Waals surface area contributed by atoms with Crippen molar-refractivity contribution >= 4 is 29.9 Å². The van der Waals surface area contributed by atoms with Crippen LogP contribution in [0.4, 0.5) is 0 Å². The molecule has 0 fully saturated rings. The fourth-order valence-electron chi connectivity index (χ4n) is 3.07. The summed E-state index contributed by atoms with van der Waals surface area (Å²) < 4.78 is 0. The van der Waals surface area contributed by atoms with Crippen LogP contribution < -0.4 is 10.6 Å². The van der Waals surface area contributed by atoms with Crippen molar-refractivity contribution in [1.29, 1.82) is 0 Å². The van der Waals surface area contributed by atoms with Crippen LogP contribution in [0.15, 0.2) is 59.7 Å². The molecule has 1 heterocycles. The number of aliphatic imine (C=N–C) groups is 1. The zero-order chi connectivity index (χ0) is 18.6. The predicted molar refractivity (Wildman–Crippen MR) is 125 cm³/mol. The summed E-state index contributed by atoms with van der Waals surface area (Å²) >= 11 is 0. The molecule has 2 aromatic rings. The van der Waals surface area contributed by atoms with Gasteiger partial charge in [0.2, 0.25) is 0 Å². The van der Waals surface area contributed by atoms with Crippen molar-refractivity contribution in [2.45, 2.75) is 26.3 Å². The normalized spacial score (nSPS) is 12.4. The topological polar surface area (TPSA) is 52.5 Å². The smallest absolute Gasteiger partial charge is 0.191 e. The summed E-state index contributed by atoms with van der Waals surface area (Å²) in [5, 5.41) is 6.86. The average molecular weight is 481 g/mol. The van der Waals surface area contributed by atoms with Gasteiger partial charge in [0.1, 0.15) is 0 Å². The number of guanidine groups is 1. The van der Waals surface area contributed by atoms with Gasteiger partial charge in [0.05, 0.1) is 6.04 Å². The number of rotatable bonds is 9. The van der Waals surface area contributed by atoms with Gasteiger partial charge in [0, 0.05) is 38.4 Å². The summed E-state index contributed by atoms with van der Waals surface area (Å²) in [7, 11) is 1.81. The summed E-state index contributed by atoms with van der Waals surface area (Å²) in [6.45, 7) is 8.07. The molecule has 6 heteroatoms. The monoisotopic (exact) mass is 481 g/mol. The summed E-state index contributed by atoms with van der Waals surface area (Å²) in [6.07, 6.45) is 2.71. The Balaban J connectivity index is 0.00000364. The van der Waals surface area contributed by atoms with E-state index in [-0.39, 0.29) is 24.0 Å². The molecule has 1 aromatic heterocycles. The van der Waals surface area contributed by atoms with E-state index in [1.807, 2.05) is 31.4 Å². The maximum Gasteiger partial charge on any atom is 0.191 e. The molecule has 2 N–H and O–H groups in total. The van der Waals surface area contributed by atoms with E-state index in [1.165, 1.54) is 5.56 Å². The molecule has 0 amide bonds. The van der Waals surface area contributed by atoms with Crippen LogP contribution in [0.2, 0.25) is 0 Å². The van der Waals surface area contributed by atoms with Gasteiger partial charge in [0.25, 0.3) is 0 Å². The molecule has 0 aliphatic rings. The first kappa shape index (κ1) is 23.4. The van der Waals surface area contributed by atoms with Crippen LogP contribution in [0.25, 0.3) is 0 Å². The Morgan fingerprint density at radius 1 is 1.04 bits per heavy atom. The van der Waals surface area contributed by atoms with Crippen molar-refractivity contribution < 1.29 is 0 Å². The van der Waals surface area contributed by atoms with Crippen molar-refractivity contribution in [1.82, 2.24) is 20.5 Å². The van der Waals surface area contributed by atoms with Crippen molar-refractivity contribution in [2.24, 2.45) is 4.99 Å². The molecule has 0 aliphatic heterocycles. The van der Waals surface area contributed by atoms with E-state index in [4.69, 9.17) is 0 Å². The number of pyridine rings is 1. The maximum absolute atomic E-state index is 4.35. The molecule has 0 radical (unpaired) electrons. The first-order chi connectivity index (χ1) is 12.8. The minimum Gasteiger partial charge on any atom is -0.356 e. The molecule has 0 bridgehead atoms. The Morgan fingerprint density at radius 2 is 1.74 bits per heavy atom. The highest BCUT2D eigenvalue weighted by Gasteiger charge is 2.18. The molecule has 0 saturated heterocycles. The molecular formula is C21H32IN5. The summed E-state index contributed by atoms with van der Waals surface area (Å²) in [5.74, 6) is 0.828. The molecular weight excluding hydrogens is 449 g/mol. The van der Waals surface area contributed by atoms with Crippen molar-refractivity contribution in [3.8, 4) is 0 Å². The van der Waals surface area contributed by atoms with Crippen LogP contribution in [-0.4, -0.2) is 49.1 Å². The minimum absolute atomic E-state index is 0. The van der Waals surface area contributed by atoms with Crippen molar-refractivity contribution in [3.63, 3.8) is 0 Å². The van der Waals surface area contributed by atoms with E-state index in [2.05, 4.69) is 69.7 Å². The Labute approximate surface area is 180 Å². The van der Waals surface area contributed by atoms with E-state index in [0.29, 0.717) is 6.04 Å². The maximum atomic E-state index is 4.35. The van der Waals surface area contributed by atoms with Crippen LogP contribution in [0.1, 0.15) is 31.1 Å². The Kier molecular flexibility index (Phi) is 11.7. The molecule has 1 atom stereocenters. The van der Waals surface area contributed by atoms with Crippen LogP contribution in [0, 0.1) is 0 Å². The van der Waals surface area contributed by atoms with Gasteiger partial charge in [-0.05, 0) is 30.8 Å².